The normalized spacial score (nSPS) is 10.8. The number of aromatic nitrogens is 4. The van der Waals surface area contributed by atoms with Crippen molar-refractivity contribution in [2.45, 2.75) is 6.42 Å². The van der Waals surface area contributed by atoms with Crippen molar-refractivity contribution in [2.24, 2.45) is 7.05 Å². The highest BCUT2D eigenvalue weighted by Gasteiger charge is 2.07. The van der Waals surface area contributed by atoms with Crippen LogP contribution in [0.4, 0.5) is 5.69 Å². The first-order chi connectivity index (χ1) is 10.5. The van der Waals surface area contributed by atoms with Crippen molar-refractivity contribution in [1.29, 1.82) is 0 Å². The van der Waals surface area contributed by atoms with Crippen LogP contribution in [0.25, 0.3) is 11.0 Å². The van der Waals surface area contributed by atoms with Crippen LogP contribution in [0.15, 0.2) is 40.2 Å². The number of fused-ring (bicyclic) bond motifs is 1. The van der Waals surface area contributed by atoms with E-state index in [-0.39, 0.29) is 12.3 Å². The minimum atomic E-state index is -0.730. The van der Waals surface area contributed by atoms with Gasteiger partial charge in [0.25, 0.3) is 0 Å². The molecule has 2 heterocycles. The molecule has 2 aromatic heterocycles. The molecule has 0 spiro atoms. The van der Waals surface area contributed by atoms with Gasteiger partial charge in [-0.25, -0.2) is 0 Å². The smallest absolute Gasteiger partial charge is 0.314 e. The number of H-pyrrole nitrogens is 2. The molecule has 0 fully saturated rings. The van der Waals surface area contributed by atoms with Crippen molar-refractivity contribution in [3.8, 4) is 0 Å². The van der Waals surface area contributed by atoms with Gasteiger partial charge in [-0.3, -0.25) is 19.1 Å². The van der Waals surface area contributed by atoms with E-state index in [4.69, 9.17) is 0 Å². The highest BCUT2D eigenvalue weighted by molar-refractivity contribution is 5.94. The maximum absolute atomic E-state index is 12.0. The molecule has 0 atom stereocenters. The maximum Gasteiger partial charge on any atom is 0.314 e. The SMILES string of the molecule is Cn1cc(CC(=O)Nc2ccc3[nH]c(=O)c(=O)[nH]c3c2)cn1. The van der Waals surface area contributed by atoms with Crippen LogP contribution in [0.3, 0.4) is 0 Å². The number of hydrogen-bond donors (Lipinski definition) is 3. The molecular formula is C14H13N5O3. The zero-order valence-electron chi connectivity index (χ0n) is 11.7. The second-order valence-corrected chi connectivity index (χ2v) is 4.92. The summed E-state index contributed by atoms with van der Waals surface area (Å²) in [7, 11) is 1.78. The van der Waals surface area contributed by atoms with Gasteiger partial charge in [0.2, 0.25) is 5.91 Å². The van der Waals surface area contributed by atoms with Crippen LogP contribution in [0.1, 0.15) is 5.56 Å². The van der Waals surface area contributed by atoms with Crippen LogP contribution in [-0.4, -0.2) is 25.7 Å². The van der Waals surface area contributed by atoms with E-state index in [1.54, 1.807) is 42.3 Å². The molecule has 1 amide bonds. The molecule has 0 unspecified atom stereocenters. The quantitative estimate of drug-likeness (QED) is 0.597. The molecule has 0 aliphatic carbocycles. The van der Waals surface area contributed by atoms with Gasteiger partial charge < -0.3 is 15.3 Å². The maximum atomic E-state index is 12.0. The first kappa shape index (κ1) is 13.8. The minimum absolute atomic E-state index is 0.195. The van der Waals surface area contributed by atoms with Crippen LogP contribution in [0.5, 0.6) is 0 Å². The van der Waals surface area contributed by atoms with Crippen LogP contribution >= 0.6 is 0 Å². The third-order valence-corrected chi connectivity index (χ3v) is 3.13. The topological polar surface area (TPSA) is 113 Å². The van der Waals surface area contributed by atoms with E-state index in [0.717, 1.165) is 5.56 Å². The summed E-state index contributed by atoms with van der Waals surface area (Å²) in [5.74, 6) is -0.195. The van der Waals surface area contributed by atoms with Gasteiger partial charge in [0.1, 0.15) is 0 Å². The minimum Gasteiger partial charge on any atom is -0.326 e. The average molecular weight is 299 g/mol. The number of aromatic amines is 2. The summed E-state index contributed by atoms with van der Waals surface area (Å²) in [6.45, 7) is 0. The molecule has 1 aromatic carbocycles. The first-order valence-electron chi connectivity index (χ1n) is 6.55. The Labute approximate surface area is 123 Å². The fraction of sp³-hybridized carbons (Fsp3) is 0.143. The van der Waals surface area contributed by atoms with E-state index in [1.165, 1.54) is 0 Å². The Morgan fingerprint density at radius 3 is 2.64 bits per heavy atom. The van der Waals surface area contributed by atoms with Crippen LogP contribution in [0.2, 0.25) is 0 Å². The second kappa shape index (κ2) is 5.32. The number of benzene rings is 1. The molecule has 3 aromatic rings. The lowest BCUT2D eigenvalue weighted by Crippen LogP contribution is -2.28. The van der Waals surface area contributed by atoms with Gasteiger partial charge in [0, 0.05) is 18.9 Å². The third kappa shape index (κ3) is 2.80. The standard InChI is InChI=1S/C14H13N5O3/c1-19-7-8(6-15-19)4-12(20)16-9-2-3-10-11(5-9)18-14(22)13(21)17-10/h2-3,5-7H,4H2,1H3,(H,16,20)(H,17,21)(H,18,22). The Balaban J connectivity index is 1.81. The molecule has 22 heavy (non-hydrogen) atoms. The predicted molar refractivity (Wildman–Crippen MR) is 80.7 cm³/mol. The summed E-state index contributed by atoms with van der Waals surface area (Å²) in [4.78, 5) is 39.4. The monoisotopic (exact) mass is 299 g/mol. The number of aryl methyl sites for hydroxylation is 1. The highest BCUT2D eigenvalue weighted by atomic mass is 16.2. The van der Waals surface area contributed by atoms with Crippen molar-refractivity contribution in [2.75, 3.05) is 5.32 Å². The highest BCUT2D eigenvalue weighted by Crippen LogP contribution is 2.14. The number of carbonyl (C=O) groups is 1. The Bertz CT molecular complexity index is 966. The van der Waals surface area contributed by atoms with Crippen molar-refractivity contribution in [1.82, 2.24) is 19.7 Å². The number of rotatable bonds is 3. The van der Waals surface area contributed by atoms with E-state index >= 15 is 0 Å². The average Bonchev–Trinajstić information content (AvgIpc) is 2.85. The Morgan fingerprint density at radius 1 is 1.23 bits per heavy atom. The fourth-order valence-electron chi connectivity index (χ4n) is 2.15. The van der Waals surface area contributed by atoms with E-state index in [9.17, 15) is 14.4 Å². The van der Waals surface area contributed by atoms with E-state index in [2.05, 4.69) is 20.4 Å². The van der Waals surface area contributed by atoms with Gasteiger partial charge in [-0.2, -0.15) is 5.10 Å². The number of nitrogens with one attached hydrogen (secondary N) is 3. The van der Waals surface area contributed by atoms with Crippen molar-refractivity contribution in [3.63, 3.8) is 0 Å². The Morgan fingerprint density at radius 2 is 1.95 bits per heavy atom. The van der Waals surface area contributed by atoms with E-state index < -0.39 is 11.1 Å². The fourth-order valence-corrected chi connectivity index (χ4v) is 2.15. The number of anilines is 1. The lowest BCUT2D eigenvalue weighted by Gasteiger charge is -2.05. The van der Waals surface area contributed by atoms with Crippen LogP contribution in [-0.2, 0) is 18.3 Å². The first-order valence-corrected chi connectivity index (χ1v) is 6.55. The molecule has 8 nitrogen and oxygen atoms in total. The van der Waals surface area contributed by atoms with E-state index in [0.29, 0.717) is 16.7 Å². The molecule has 0 bridgehead atoms. The van der Waals surface area contributed by atoms with Crippen molar-refractivity contribution < 1.29 is 4.79 Å². The predicted octanol–water partition coefficient (Wildman–Crippen LogP) is 0.131. The molecule has 0 saturated heterocycles. The third-order valence-electron chi connectivity index (χ3n) is 3.13. The molecule has 3 rings (SSSR count). The Kier molecular flexibility index (Phi) is 3.34. The molecule has 112 valence electrons. The zero-order chi connectivity index (χ0) is 15.7. The molecule has 0 saturated carbocycles. The van der Waals surface area contributed by atoms with Gasteiger partial charge in [0.05, 0.1) is 23.7 Å². The van der Waals surface area contributed by atoms with Gasteiger partial charge in [-0.1, -0.05) is 0 Å². The molecule has 0 radical (unpaired) electrons. The molecule has 3 N–H and O–H groups in total. The van der Waals surface area contributed by atoms with Gasteiger partial charge >= 0.3 is 11.1 Å². The van der Waals surface area contributed by atoms with Gasteiger partial charge in [-0.05, 0) is 23.8 Å². The zero-order valence-corrected chi connectivity index (χ0v) is 11.7. The Hall–Kier alpha value is -3.16. The number of carbonyl (C=O) groups excluding carboxylic acids is 1. The summed E-state index contributed by atoms with van der Waals surface area (Å²) in [5.41, 5.74) is 0.841. The van der Waals surface area contributed by atoms with Crippen LogP contribution in [0, 0.1) is 0 Å². The largest absolute Gasteiger partial charge is 0.326 e. The number of amides is 1. The lowest BCUT2D eigenvalue weighted by atomic mass is 10.2. The summed E-state index contributed by atoms with van der Waals surface area (Å²) < 4.78 is 1.62. The van der Waals surface area contributed by atoms with E-state index in [1.807, 2.05) is 0 Å². The summed E-state index contributed by atoms with van der Waals surface area (Å²) in [6.07, 6.45) is 3.60. The number of hydrogen-bond acceptors (Lipinski definition) is 4. The number of nitrogens with zero attached hydrogens (tertiary/aromatic N) is 2. The summed E-state index contributed by atoms with van der Waals surface area (Å²) in [6, 6.07) is 4.86. The van der Waals surface area contributed by atoms with Crippen LogP contribution < -0.4 is 16.4 Å². The molecule has 8 heteroatoms. The summed E-state index contributed by atoms with van der Waals surface area (Å²) >= 11 is 0. The van der Waals surface area contributed by atoms with Crippen molar-refractivity contribution in [3.05, 3.63) is 56.9 Å². The molecule has 0 aliphatic rings. The lowest BCUT2D eigenvalue weighted by molar-refractivity contribution is -0.115. The molecular weight excluding hydrogens is 286 g/mol. The van der Waals surface area contributed by atoms with Crippen molar-refractivity contribution >= 4 is 22.6 Å². The molecule has 0 aliphatic heterocycles. The van der Waals surface area contributed by atoms with Gasteiger partial charge in [0.15, 0.2) is 0 Å². The summed E-state index contributed by atoms with van der Waals surface area (Å²) in [5, 5.41) is 6.73. The second-order valence-electron chi connectivity index (χ2n) is 4.92. The van der Waals surface area contributed by atoms with Gasteiger partial charge in [-0.15, -0.1) is 0 Å².